The maximum absolute atomic E-state index is 5.74. The normalized spacial score (nSPS) is 10.4. The fourth-order valence-electron chi connectivity index (χ4n) is 1.58. The van der Waals surface area contributed by atoms with Crippen LogP contribution in [-0.2, 0) is 12.3 Å². The molecule has 0 aliphatic rings. The van der Waals surface area contributed by atoms with Crippen LogP contribution in [0.4, 0.5) is 0 Å². The molecule has 1 aromatic carbocycles. The van der Waals surface area contributed by atoms with Gasteiger partial charge >= 0.3 is 0 Å². The predicted octanol–water partition coefficient (Wildman–Crippen LogP) is 3.11. The highest BCUT2D eigenvalue weighted by Crippen LogP contribution is 2.11. The first-order chi connectivity index (χ1) is 7.79. The zero-order valence-electron chi connectivity index (χ0n) is 9.15. The third-order valence-electron chi connectivity index (χ3n) is 2.51. The Kier molecular flexibility index (Phi) is 3.52. The smallest absolute Gasteiger partial charge is 0.132 e. The Hall–Kier alpha value is -1.41. The Morgan fingerprint density at radius 3 is 2.75 bits per heavy atom. The molecule has 0 fully saturated rings. The molecule has 3 heteroatoms. The molecule has 0 atom stereocenters. The van der Waals surface area contributed by atoms with E-state index < -0.39 is 0 Å². The van der Waals surface area contributed by atoms with Crippen molar-refractivity contribution in [3.05, 3.63) is 59.2 Å². The summed E-state index contributed by atoms with van der Waals surface area (Å²) in [5.41, 5.74) is 3.40. The van der Waals surface area contributed by atoms with Gasteiger partial charge in [0, 0.05) is 12.6 Å². The van der Waals surface area contributed by atoms with Crippen molar-refractivity contribution in [2.45, 2.75) is 19.2 Å². The molecule has 1 aromatic heterocycles. The molecule has 2 rings (SSSR count). The number of nitrogens with zero attached hydrogens (tertiary/aromatic N) is 2. The Labute approximate surface area is 100 Å². The van der Waals surface area contributed by atoms with Crippen LogP contribution in [0, 0.1) is 6.92 Å². The maximum atomic E-state index is 5.74. The minimum Gasteiger partial charge on any atom is -0.241 e. The van der Waals surface area contributed by atoms with E-state index in [4.69, 9.17) is 11.6 Å². The lowest BCUT2D eigenvalue weighted by Gasteiger charge is -2.04. The summed E-state index contributed by atoms with van der Waals surface area (Å²) in [7, 11) is 0. The highest BCUT2D eigenvalue weighted by Gasteiger charge is 2.02. The number of aryl methyl sites for hydroxylation is 1. The van der Waals surface area contributed by atoms with Gasteiger partial charge in [-0.2, -0.15) is 0 Å². The number of hydrogen-bond donors (Lipinski definition) is 0. The van der Waals surface area contributed by atoms with Crippen molar-refractivity contribution in [3.8, 4) is 0 Å². The Bertz CT molecular complexity index is 483. The van der Waals surface area contributed by atoms with E-state index in [1.165, 1.54) is 11.1 Å². The van der Waals surface area contributed by atoms with E-state index in [2.05, 4.69) is 29.0 Å². The monoisotopic (exact) mass is 232 g/mol. The van der Waals surface area contributed by atoms with Gasteiger partial charge in [-0.25, -0.2) is 9.97 Å². The van der Waals surface area contributed by atoms with Gasteiger partial charge in [-0.1, -0.05) is 24.3 Å². The summed E-state index contributed by atoms with van der Waals surface area (Å²) in [6.07, 6.45) is 2.52. The third-order valence-corrected chi connectivity index (χ3v) is 2.78. The molecular weight excluding hydrogens is 220 g/mol. The summed E-state index contributed by atoms with van der Waals surface area (Å²) in [5.74, 6) is 1.26. The van der Waals surface area contributed by atoms with Crippen molar-refractivity contribution in [1.82, 2.24) is 9.97 Å². The van der Waals surface area contributed by atoms with Crippen molar-refractivity contribution in [3.63, 3.8) is 0 Å². The predicted molar refractivity (Wildman–Crippen MR) is 65.6 cm³/mol. The van der Waals surface area contributed by atoms with Crippen LogP contribution in [0.5, 0.6) is 0 Å². The molecule has 0 saturated heterocycles. The average molecular weight is 233 g/mol. The molecule has 82 valence electrons. The van der Waals surface area contributed by atoms with Crippen molar-refractivity contribution < 1.29 is 0 Å². The molecule has 0 aliphatic heterocycles. The van der Waals surface area contributed by atoms with E-state index in [0.717, 1.165) is 17.9 Å². The van der Waals surface area contributed by atoms with E-state index in [0.29, 0.717) is 5.88 Å². The maximum Gasteiger partial charge on any atom is 0.132 e. The highest BCUT2D eigenvalue weighted by molar-refractivity contribution is 6.16. The molecular formula is C13H13ClN2. The van der Waals surface area contributed by atoms with E-state index in [1.54, 1.807) is 6.20 Å². The second-order valence-corrected chi connectivity index (χ2v) is 3.97. The zero-order valence-corrected chi connectivity index (χ0v) is 9.91. The molecule has 0 unspecified atom stereocenters. The molecule has 1 heterocycles. The second kappa shape index (κ2) is 5.08. The van der Waals surface area contributed by atoms with Gasteiger partial charge in [-0.05, 0) is 24.1 Å². The third kappa shape index (κ3) is 2.58. The summed E-state index contributed by atoms with van der Waals surface area (Å²) in [4.78, 5) is 8.64. The van der Waals surface area contributed by atoms with Crippen LogP contribution in [0.15, 0.2) is 36.5 Å². The van der Waals surface area contributed by atoms with Crippen molar-refractivity contribution >= 4 is 11.6 Å². The Balaban J connectivity index is 2.24. The van der Waals surface area contributed by atoms with E-state index >= 15 is 0 Å². The largest absolute Gasteiger partial charge is 0.241 e. The fraction of sp³-hybridized carbons (Fsp3) is 0.231. The SMILES string of the molecule is Cc1ccccc1Cc1nccc(CCl)n1. The minimum absolute atomic E-state index is 0.434. The lowest BCUT2D eigenvalue weighted by Crippen LogP contribution is -1.99. The highest BCUT2D eigenvalue weighted by atomic mass is 35.5. The Morgan fingerprint density at radius 1 is 1.19 bits per heavy atom. The second-order valence-electron chi connectivity index (χ2n) is 3.70. The van der Waals surface area contributed by atoms with Gasteiger partial charge in [0.2, 0.25) is 0 Å². The van der Waals surface area contributed by atoms with Crippen LogP contribution in [0.3, 0.4) is 0 Å². The topological polar surface area (TPSA) is 25.8 Å². The molecule has 0 aliphatic carbocycles. The summed E-state index contributed by atoms with van der Waals surface area (Å²) in [6, 6.07) is 10.1. The molecule has 0 N–H and O–H groups in total. The minimum atomic E-state index is 0.434. The van der Waals surface area contributed by atoms with Crippen LogP contribution in [0.25, 0.3) is 0 Å². The van der Waals surface area contributed by atoms with Gasteiger partial charge in [-0.15, -0.1) is 11.6 Å². The number of aromatic nitrogens is 2. The lowest BCUT2D eigenvalue weighted by atomic mass is 10.1. The number of rotatable bonds is 3. The van der Waals surface area contributed by atoms with Crippen molar-refractivity contribution in [2.24, 2.45) is 0 Å². The fourth-order valence-corrected chi connectivity index (χ4v) is 1.73. The lowest BCUT2D eigenvalue weighted by molar-refractivity contribution is 0.930. The average Bonchev–Trinajstić information content (AvgIpc) is 2.32. The van der Waals surface area contributed by atoms with Crippen LogP contribution < -0.4 is 0 Å². The van der Waals surface area contributed by atoms with Crippen LogP contribution in [0.2, 0.25) is 0 Å². The summed E-state index contributed by atoms with van der Waals surface area (Å²) in [6.45, 7) is 2.10. The molecule has 0 radical (unpaired) electrons. The first-order valence-corrected chi connectivity index (χ1v) is 5.74. The zero-order chi connectivity index (χ0) is 11.4. The van der Waals surface area contributed by atoms with E-state index in [-0.39, 0.29) is 0 Å². The van der Waals surface area contributed by atoms with Gasteiger partial charge < -0.3 is 0 Å². The van der Waals surface area contributed by atoms with Crippen molar-refractivity contribution in [2.75, 3.05) is 0 Å². The van der Waals surface area contributed by atoms with Crippen molar-refractivity contribution in [1.29, 1.82) is 0 Å². The van der Waals surface area contributed by atoms with Gasteiger partial charge in [-0.3, -0.25) is 0 Å². The Morgan fingerprint density at radius 2 is 2.00 bits per heavy atom. The van der Waals surface area contributed by atoms with Crippen LogP contribution in [-0.4, -0.2) is 9.97 Å². The standard InChI is InChI=1S/C13H13ClN2/c1-10-4-2-3-5-11(10)8-13-15-7-6-12(9-14)16-13/h2-7H,8-9H2,1H3. The quantitative estimate of drug-likeness (QED) is 0.760. The van der Waals surface area contributed by atoms with E-state index in [1.807, 2.05) is 18.2 Å². The summed E-state index contributed by atoms with van der Waals surface area (Å²) < 4.78 is 0. The number of benzene rings is 1. The number of alkyl halides is 1. The molecule has 16 heavy (non-hydrogen) atoms. The van der Waals surface area contributed by atoms with Crippen LogP contribution in [0.1, 0.15) is 22.6 Å². The van der Waals surface area contributed by atoms with Gasteiger partial charge in [0.15, 0.2) is 0 Å². The van der Waals surface area contributed by atoms with Gasteiger partial charge in [0.05, 0.1) is 11.6 Å². The van der Waals surface area contributed by atoms with Crippen LogP contribution >= 0.6 is 11.6 Å². The summed E-state index contributed by atoms with van der Waals surface area (Å²) >= 11 is 5.74. The summed E-state index contributed by atoms with van der Waals surface area (Å²) in [5, 5.41) is 0. The van der Waals surface area contributed by atoms with E-state index in [9.17, 15) is 0 Å². The molecule has 2 aromatic rings. The molecule has 0 amide bonds. The van der Waals surface area contributed by atoms with Gasteiger partial charge in [0.25, 0.3) is 0 Å². The number of hydrogen-bond acceptors (Lipinski definition) is 2. The number of halogens is 1. The molecule has 0 saturated carbocycles. The first kappa shape index (κ1) is 11.1. The molecule has 0 spiro atoms. The van der Waals surface area contributed by atoms with Gasteiger partial charge in [0.1, 0.15) is 5.82 Å². The molecule has 0 bridgehead atoms. The molecule has 2 nitrogen and oxygen atoms in total. The first-order valence-electron chi connectivity index (χ1n) is 5.21.